The molecule has 0 spiro atoms. The summed E-state index contributed by atoms with van der Waals surface area (Å²) in [5, 5.41) is 6.06. The number of amidine groups is 1. The summed E-state index contributed by atoms with van der Waals surface area (Å²) in [6.07, 6.45) is -0.429. The summed E-state index contributed by atoms with van der Waals surface area (Å²) in [7, 11) is 3.50. The molecule has 0 saturated carbocycles. The van der Waals surface area contributed by atoms with E-state index in [2.05, 4.69) is 30.6 Å². The third-order valence-corrected chi connectivity index (χ3v) is 5.59. The molecule has 0 bridgehead atoms. The Bertz CT molecular complexity index is 1270. The maximum Gasteiger partial charge on any atom is 0.434 e. The number of urea groups is 1. The largest absolute Gasteiger partial charge is 0.434 e. The fourth-order valence-corrected chi connectivity index (χ4v) is 3.65. The number of nitrogens with one attached hydrogen (secondary N) is 2. The molecule has 3 rings (SSSR count). The van der Waals surface area contributed by atoms with Gasteiger partial charge in [-0.25, -0.2) is 14.8 Å². The summed E-state index contributed by atoms with van der Waals surface area (Å²) in [6, 6.07) is 2.43. The third kappa shape index (κ3) is 6.38. The monoisotopic (exact) mass is 505 g/mol. The van der Waals surface area contributed by atoms with E-state index in [4.69, 9.17) is 0 Å². The normalized spacial score (nSPS) is 11.8. The number of carbonyl (C=O) groups excluding carboxylic acids is 2. The minimum absolute atomic E-state index is 0.0619. The zero-order valence-electron chi connectivity index (χ0n) is 19.3. The molecule has 13 heteroatoms. The fraction of sp³-hybridized carbons (Fsp3) is 0.273. The van der Waals surface area contributed by atoms with Crippen LogP contribution in [-0.2, 0) is 6.18 Å². The molecule has 9 nitrogen and oxygen atoms in total. The smallest absolute Gasteiger partial charge is 0.366 e. The van der Waals surface area contributed by atoms with Crippen molar-refractivity contribution in [2.75, 3.05) is 26.0 Å². The molecular weight excluding hydrogens is 483 g/mol. The molecule has 0 fully saturated rings. The number of halogens is 3. The van der Waals surface area contributed by atoms with Gasteiger partial charge >= 0.3 is 12.2 Å². The number of anilines is 1. The quantitative estimate of drug-likeness (QED) is 0.389. The lowest BCUT2D eigenvalue weighted by Crippen LogP contribution is -2.28. The molecule has 0 unspecified atom stereocenters. The second-order valence-corrected chi connectivity index (χ2v) is 8.31. The van der Waals surface area contributed by atoms with Gasteiger partial charge in [0.05, 0.1) is 5.56 Å². The van der Waals surface area contributed by atoms with Gasteiger partial charge in [-0.3, -0.25) is 15.1 Å². The van der Waals surface area contributed by atoms with Crippen LogP contribution in [0.2, 0.25) is 0 Å². The first-order valence-corrected chi connectivity index (χ1v) is 11.2. The first-order valence-electron chi connectivity index (χ1n) is 10.3. The molecule has 0 aliphatic rings. The van der Waals surface area contributed by atoms with Crippen molar-refractivity contribution in [3.05, 3.63) is 47.4 Å². The van der Waals surface area contributed by atoms with Crippen molar-refractivity contribution in [2.24, 2.45) is 4.99 Å². The molecule has 0 saturated heterocycles. The maximum atomic E-state index is 13.2. The first-order chi connectivity index (χ1) is 16.5. The van der Waals surface area contributed by atoms with Crippen LogP contribution in [0.5, 0.6) is 0 Å². The lowest BCUT2D eigenvalue weighted by Gasteiger charge is -2.12. The summed E-state index contributed by atoms with van der Waals surface area (Å²) in [5.41, 5.74) is 0.240. The third-order valence-electron chi connectivity index (χ3n) is 4.71. The number of amides is 3. The minimum atomic E-state index is -4.61. The number of aliphatic imine (C=N–C) groups is 1. The van der Waals surface area contributed by atoms with Crippen LogP contribution in [0.3, 0.4) is 0 Å². The first kappa shape index (κ1) is 25.7. The van der Waals surface area contributed by atoms with Gasteiger partial charge < -0.3 is 10.2 Å². The minimum Gasteiger partial charge on any atom is -0.366 e. The van der Waals surface area contributed by atoms with E-state index in [0.717, 1.165) is 16.7 Å². The Kier molecular flexibility index (Phi) is 7.79. The topological polar surface area (TPSA) is 112 Å². The van der Waals surface area contributed by atoms with Crippen LogP contribution < -0.4 is 10.6 Å². The second kappa shape index (κ2) is 10.6. The van der Waals surface area contributed by atoms with E-state index >= 15 is 0 Å². The summed E-state index contributed by atoms with van der Waals surface area (Å²) in [6.45, 7) is 3.79. The van der Waals surface area contributed by atoms with E-state index in [1.807, 2.05) is 0 Å². The molecule has 0 radical (unpaired) electrons. The lowest BCUT2D eigenvalue weighted by atomic mass is 10.0. The number of carbonyl (C=O) groups is 2. The molecule has 3 aromatic rings. The molecule has 35 heavy (non-hydrogen) atoms. The van der Waals surface area contributed by atoms with E-state index < -0.39 is 23.8 Å². The number of thiazole rings is 1. The molecule has 0 aromatic carbocycles. The zero-order valence-corrected chi connectivity index (χ0v) is 20.1. The Hall–Kier alpha value is -3.87. The van der Waals surface area contributed by atoms with Crippen molar-refractivity contribution in [3.63, 3.8) is 0 Å². The van der Waals surface area contributed by atoms with Gasteiger partial charge in [-0.05, 0) is 26.0 Å². The van der Waals surface area contributed by atoms with Crippen LogP contribution in [0.25, 0.3) is 21.7 Å². The highest BCUT2D eigenvalue weighted by Gasteiger charge is 2.34. The summed E-state index contributed by atoms with van der Waals surface area (Å²) < 4.78 is 39.5. The van der Waals surface area contributed by atoms with Gasteiger partial charge in [0.25, 0.3) is 5.91 Å². The Labute approximate surface area is 203 Å². The fourth-order valence-electron chi connectivity index (χ4n) is 2.80. The van der Waals surface area contributed by atoms with E-state index in [1.54, 1.807) is 32.8 Å². The van der Waals surface area contributed by atoms with Crippen LogP contribution >= 0.6 is 11.3 Å². The van der Waals surface area contributed by atoms with E-state index in [9.17, 15) is 22.8 Å². The van der Waals surface area contributed by atoms with Crippen molar-refractivity contribution in [3.8, 4) is 21.7 Å². The van der Waals surface area contributed by atoms with Crippen molar-refractivity contribution in [1.29, 1.82) is 0 Å². The Morgan fingerprint density at radius 2 is 1.89 bits per heavy atom. The number of aromatic nitrogens is 3. The average Bonchev–Trinajstić information content (AvgIpc) is 3.30. The molecule has 184 valence electrons. The van der Waals surface area contributed by atoms with Gasteiger partial charge in [-0.2, -0.15) is 18.2 Å². The second-order valence-electron chi connectivity index (χ2n) is 7.46. The van der Waals surface area contributed by atoms with Gasteiger partial charge in [0.15, 0.2) is 5.69 Å². The average molecular weight is 506 g/mol. The highest BCUT2D eigenvalue weighted by Crippen LogP contribution is 2.38. The van der Waals surface area contributed by atoms with Crippen molar-refractivity contribution in [1.82, 2.24) is 25.2 Å². The predicted octanol–water partition coefficient (Wildman–Crippen LogP) is 4.55. The van der Waals surface area contributed by atoms with E-state index in [-0.39, 0.29) is 22.0 Å². The molecule has 0 aliphatic heterocycles. The van der Waals surface area contributed by atoms with Gasteiger partial charge in [0.1, 0.15) is 16.7 Å². The van der Waals surface area contributed by atoms with Crippen LogP contribution in [0.1, 0.15) is 29.9 Å². The van der Waals surface area contributed by atoms with Crippen molar-refractivity contribution in [2.45, 2.75) is 20.0 Å². The van der Waals surface area contributed by atoms with Gasteiger partial charge in [0, 0.05) is 61.3 Å². The maximum absolute atomic E-state index is 13.2. The van der Waals surface area contributed by atoms with E-state index in [0.29, 0.717) is 23.5 Å². The number of hydrogen-bond donors (Lipinski definition) is 2. The number of pyridine rings is 2. The Balaban J connectivity index is 2.09. The summed E-state index contributed by atoms with van der Waals surface area (Å²) in [5.74, 6) is 0.0825. The van der Waals surface area contributed by atoms with Gasteiger partial charge in [0.2, 0.25) is 0 Å². The summed E-state index contributed by atoms with van der Waals surface area (Å²) in [4.78, 5) is 42.2. The zero-order chi connectivity index (χ0) is 25.8. The number of hydrogen-bond acceptors (Lipinski definition) is 6. The van der Waals surface area contributed by atoms with E-state index in [1.165, 1.54) is 30.7 Å². The Morgan fingerprint density at radius 3 is 2.51 bits per heavy atom. The highest BCUT2D eigenvalue weighted by molar-refractivity contribution is 7.13. The highest BCUT2D eigenvalue weighted by atomic mass is 32.1. The standard InChI is InChI=1S/C22H22F3N7O2S/c1-5-27-21(34)31-18-7-15(20-30-17(11-35-20)22(23,24)25)16(10-28-18)13-6-14(9-26-8-13)19(33)29-12(2)32(3)4/h6-11H,5H2,1-4H3,(H2,27,28,31,34)/b29-12+. The van der Waals surface area contributed by atoms with Crippen LogP contribution in [0.4, 0.5) is 23.8 Å². The molecule has 0 aliphatic carbocycles. The van der Waals surface area contributed by atoms with Gasteiger partial charge in [-0.15, -0.1) is 11.3 Å². The molecular formula is C22H22F3N7O2S. The number of alkyl halides is 3. The molecule has 3 heterocycles. The molecule has 3 aromatic heterocycles. The number of rotatable bonds is 5. The predicted molar refractivity (Wildman–Crippen MR) is 127 cm³/mol. The lowest BCUT2D eigenvalue weighted by molar-refractivity contribution is -0.140. The van der Waals surface area contributed by atoms with Crippen LogP contribution in [0, 0.1) is 0 Å². The van der Waals surface area contributed by atoms with Crippen LogP contribution in [0.15, 0.2) is 41.1 Å². The molecule has 3 amide bonds. The van der Waals surface area contributed by atoms with Crippen molar-refractivity contribution < 1.29 is 22.8 Å². The number of nitrogens with zero attached hydrogens (tertiary/aromatic N) is 5. The Morgan fingerprint density at radius 1 is 1.14 bits per heavy atom. The SMILES string of the molecule is CCNC(=O)Nc1cc(-c2nc(C(F)(F)F)cs2)c(-c2cncc(C(=O)/N=C(\C)N(C)C)c2)cn1. The van der Waals surface area contributed by atoms with Gasteiger partial charge in [-0.1, -0.05) is 0 Å². The van der Waals surface area contributed by atoms with Crippen molar-refractivity contribution >= 4 is 34.9 Å². The summed E-state index contributed by atoms with van der Waals surface area (Å²) >= 11 is 0.796. The van der Waals surface area contributed by atoms with Crippen LogP contribution in [-0.4, -0.2) is 58.3 Å². The molecule has 0 atom stereocenters. The molecule has 2 N–H and O–H groups in total.